The number of aliphatic hydroxyl groups is 1. The van der Waals surface area contributed by atoms with Gasteiger partial charge in [0.25, 0.3) is 0 Å². The Kier molecular flexibility index (Phi) is 3.33. The Morgan fingerprint density at radius 2 is 2.27 bits per heavy atom. The standard InChI is InChI=1S/C12H23NO2/c1-12(15-2)6-3-7-13(9-12)8-11(14)10-4-5-10/h10-11,14H,3-9H2,1-2H3. The number of ether oxygens (including phenoxy) is 1. The van der Waals surface area contributed by atoms with Crippen molar-refractivity contribution in [3.05, 3.63) is 0 Å². The lowest BCUT2D eigenvalue weighted by atomic mass is 9.94. The van der Waals surface area contributed by atoms with Gasteiger partial charge in [-0.1, -0.05) is 0 Å². The second kappa shape index (κ2) is 4.40. The van der Waals surface area contributed by atoms with E-state index in [2.05, 4.69) is 11.8 Å². The van der Waals surface area contributed by atoms with Crippen LogP contribution in [0.4, 0.5) is 0 Å². The third-order valence-electron chi connectivity index (χ3n) is 3.84. The average molecular weight is 213 g/mol. The zero-order valence-electron chi connectivity index (χ0n) is 9.91. The SMILES string of the molecule is COC1(C)CCCN(CC(O)C2CC2)C1. The highest BCUT2D eigenvalue weighted by atomic mass is 16.5. The van der Waals surface area contributed by atoms with Crippen LogP contribution in [0.3, 0.4) is 0 Å². The molecule has 2 rings (SSSR count). The molecule has 88 valence electrons. The molecule has 1 saturated carbocycles. The average Bonchev–Trinajstić information content (AvgIpc) is 3.01. The van der Waals surface area contributed by atoms with E-state index in [0.717, 1.165) is 26.1 Å². The van der Waals surface area contributed by atoms with Crippen LogP contribution in [0, 0.1) is 5.92 Å². The summed E-state index contributed by atoms with van der Waals surface area (Å²) >= 11 is 0. The van der Waals surface area contributed by atoms with Gasteiger partial charge in [0.2, 0.25) is 0 Å². The number of methoxy groups -OCH3 is 1. The first-order valence-corrected chi connectivity index (χ1v) is 6.08. The van der Waals surface area contributed by atoms with Crippen molar-refractivity contribution < 1.29 is 9.84 Å². The molecular formula is C12H23NO2. The number of piperidine rings is 1. The number of rotatable bonds is 4. The first-order chi connectivity index (χ1) is 7.13. The van der Waals surface area contributed by atoms with E-state index in [4.69, 9.17) is 4.74 Å². The van der Waals surface area contributed by atoms with E-state index in [9.17, 15) is 5.11 Å². The van der Waals surface area contributed by atoms with Crippen molar-refractivity contribution in [1.29, 1.82) is 0 Å². The predicted molar refractivity (Wildman–Crippen MR) is 59.8 cm³/mol. The van der Waals surface area contributed by atoms with E-state index >= 15 is 0 Å². The van der Waals surface area contributed by atoms with Gasteiger partial charge in [-0.15, -0.1) is 0 Å². The van der Waals surface area contributed by atoms with Gasteiger partial charge >= 0.3 is 0 Å². The monoisotopic (exact) mass is 213 g/mol. The largest absolute Gasteiger partial charge is 0.392 e. The molecule has 2 atom stereocenters. The van der Waals surface area contributed by atoms with Gasteiger partial charge in [-0.05, 0) is 45.1 Å². The highest BCUT2D eigenvalue weighted by Crippen LogP contribution is 2.33. The van der Waals surface area contributed by atoms with Gasteiger partial charge in [-0.2, -0.15) is 0 Å². The number of nitrogens with zero attached hydrogens (tertiary/aromatic N) is 1. The number of hydrogen-bond donors (Lipinski definition) is 1. The van der Waals surface area contributed by atoms with Gasteiger partial charge in [0, 0.05) is 20.2 Å². The van der Waals surface area contributed by atoms with Crippen LogP contribution < -0.4 is 0 Å². The summed E-state index contributed by atoms with van der Waals surface area (Å²) in [7, 11) is 1.79. The van der Waals surface area contributed by atoms with Gasteiger partial charge in [-0.3, -0.25) is 4.90 Å². The first-order valence-electron chi connectivity index (χ1n) is 6.08. The Labute approximate surface area is 92.4 Å². The number of β-amino-alcohol motifs (C(OH)–C–C–N with tert-alkyl or cyclic N) is 1. The quantitative estimate of drug-likeness (QED) is 0.763. The summed E-state index contributed by atoms with van der Waals surface area (Å²) < 4.78 is 5.54. The van der Waals surface area contributed by atoms with Crippen molar-refractivity contribution in [2.24, 2.45) is 5.92 Å². The Balaban J connectivity index is 1.81. The minimum atomic E-state index is -0.107. The van der Waals surface area contributed by atoms with Crippen molar-refractivity contribution >= 4 is 0 Å². The molecule has 3 nitrogen and oxygen atoms in total. The van der Waals surface area contributed by atoms with Gasteiger partial charge in [0.1, 0.15) is 0 Å². The Morgan fingerprint density at radius 1 is 1.53 bits per heavy atom. The summed E-state index contributed by atoms with van der Waals surface area (Å²) in [6, 6.07) is 0. The van der Waals surface area contributed by atoms with Gasteiger partial charge in [0.15, 0.2) is 0 Å². The summed E-state index contributed by atoms with van der Waals surface area (Å²) in [5, 5.41) is 9.90. The van der Waals surface area contributed by atoms with E-state index in [1.54, 1.807) is 7.11 Å². The highest BCUT2D eigenvalue weighted by Gasteiger charge is 2.35. The lowest BCUT2D eigenvalue weighted by molar-refractivity contribution is -0.0597. The molecule has 1 N–H and O–H groups in total. The van der Waals surface area contributed by atoms with Crippen molar-refractivity contribution in [2.75, 3.05) is 26.7 Å². The zero-order valence-corrected chi connectivity index (χ0v) is 9.91. The second-order valence-corrected chi connectivity index (χ2v) is 5.40. The Hall–Kier alpha value is -0.120. The maximum atomic E-state index is 9.90. The van der Waals surface area contributed by atoms with Crippen molar-refractivity contribution in [3.63, 3.8) is 0 Å². The van der Waals surface area contributed by atoms with Gasteiger partial charge < -0.3 is 9.84 Å². The van der Waals surface area contributed by atoms with Crippen LogP contribution in [0.15, 0.2) is 0 Å². The molecular weight excluding hydrogens is 190 g/mol. The van der Waals surface area contributed by atoms with E-state index < -0.39 is 0 Å². The van der Waals surface area contributed by atoms with Crippen LogP contribution in [0.25, 0.3) is 0 Å². The molecule has 2 aliphatic rings. The molecule has 2 unspecified atom stereocenters. The van der Waals surface area contributed by atoms with E-state index in [-0.39, 0.29) is 11.7 Å². The van der Waals surface area contributed by atoms with Crippen molar-refractivity contribution in [2.45, 2.75) is 44.3 Å². The molecule has 0 radical (unpaired) electrons. The van der Waals surface area contributed by atoms with Crippen LogP contribution in [-0.4, -0.2) is 48.5 Å². The lowest BCUT2D eigenvalue weighted by Gasteiger charge is -2.40. The molecule has 1 aliphatic heterocycles. The Bertz CT molecular complexity index is 218. The Morgan fingerprint density at radius 3 is 2.87 bits per heavy atom. The molecule has 0 aromatic heterocycles. The second-order valence-electron chi connectivity index (χ2n) is 5.40. The molecule has 1 heterocycles. The maximum absolute atomic E-state index is 9.90. The molecule has 0 amide bonds. The number of likely N-dealkylation sites (tertiary alicyclic amines) is 1. The fraction of sp³-hybridized carbons (Fsp3) is 1.00. The lowest BCUT2D eigenvalue weighted by Crippen LogP contribution is -2.49. The summed E-state index contributed by atoms with van der Waals surface area (Å²) in [5.74, 6) is 0.584. The van der Waals surface area contributed by atoms with Crippen LogP contribution >= 0.6 is 0 Å². The summed E-state index contributed by atoms with van der Waals surface area (Å²) in [6.45, 7) is 5.09. The molecule has 2 fully saturated rings. The zero-order chi connectivity index (χ0) is 10.9. The van der Waals surface area contributed by atoms with Crippen LogP contribution in [-0.2, 0) is 4.74 Å². The summed E-state index contributed by atoms with van der Waals surface area (Å²) in [5.41, 5.74) is 0.00151. The first kappa shape index (κ1) is 11.4. The number of hydrogen-bond acceptors (Lipinski definition) is 3. The molecule has 0 aromatic rings. The fourth-order valence-corrected chi connectivity index (χ4v) is 2.52. The molecule has 15 heavy (non-hydrogen) atoms. The predicted octanol–water partition coefficient (Wildman–Crippen LogP) is 1.26. The fourth-order valence-electron chi connectivity index (χ4n) is 2.52. The molecule has 3 heteroatoms. The van der Waals surface area contributed by atoms with Crippen LogP contribution in [0.1, 0.15) is 32.6 Å². The molecule has 0 spiro atoms. The molecule has 1 saturated heterocycles. The normalized spacial score (nSPS) is 35.4. The van der Waals surface area contributed by atoms with Gasteiger partial charge in [-0.25, -0.2) is 0 Å². The minimum Gasteiger partial charge on any atom is -0.392 e. The third kappa shape index (κ3) is 2.92. The van der Waals surface area contributed by atoms with Crippen molar-refractivity contribution in [1.82, 2.24) is 4.90 Å². The van der Waals surface area contributed by atoms with Gasteiger partial charge in [0.05, 0.1) is 11.7 Å². The van der Waals surface area contributed by atoms with E-state index in [0.29, 0.717) is 5.92 Å². The van der Waals surface area contributed by atoms with Crippen molar-refractivity contribution in [3.8, 4) is 0 Å². The van der Waals surface area contributed by atoms with Crippen LogP contribution in [0.2, 0.25) is 0 Å². The molecule has 1 aliphatic carbocycles. The molecule has 0 aromatic carbocycles. The summed E-state index contributed by atoms with van der Waals surface area (Å²) in [6.07, 6.45) is 4.65. The summed E-state index contributed by atoms with van der Waals surface area (Å²) in [4.78, 5) is 2.36. The number of aliphatic hydroxyl groups excluding tert-OH is 1. The molecule has 0 bridgehead atoms. The van der Waals surface area contributed by atoms with E-state index in [1.807, 2.05) is 0 Å². The smallest absolute Gasteiger partial charge is 0.0777 e. The third-order valence-corrected chi connectivity index (χ3v) is 3.84. The minimum absolute atomic E-state index is 0.00151. The topological polar surface area (TPSA) is 32.7 Å². The highest BCUT2D eigenvalue weighted by molar-refractivity contribution is 4.88. The maximum Gasteiger partial charge on any atom is 0.0777 e. The van der Waals surface area contributed by atoms with Crippen LogP contribution in [0.5, 0.6) is 0 Å². The van der Waals surface area contributed by atoms with E-state index in [1.165, 1.54) is 19.3 Å².